The van der Waals surface area contributed by atoms with Crippen molar-refractivity contribution in [2.75, 3.05) is 34.4 Å². The number of hydrogen-bond donors (Lipinski definition) is 0. The fourth-order valence-corrected chi connectivity index (χ4v) is 3.07. The average molecular weight is 347 g/mol. The quantitative estimate of drug-likeness (QED) is 0.583. The maximum atomic E-state index is 12.6. The highest BCUT2D eigenvalue weighted by molar-refractivity contribution is 6.08. The van der Waals surface area contributed by atoms with Crippen LogP contribution < -0.4 is 9.47 Å². The molecule has 0 atom stereocenters. The van der Waals surface area contributed by atoms with E-state index in [1.54, 1.807) is 30.2 Å². The molecule has 6 nitrogen and oxygen atoms in total. The van der Waals surface area contributed by atoms with E-state index >= 15 is 0 Å². The number of nitrogens with zero attached hydrogens (tertiary/aromatic N) is 1. The van der Waals surface area contributed by atoms with Gasteiger partial charge >= 0.3 is 6.09 Å². The van der Waals surface area contributed by atoms with E-state index in [2.05, 4.69) is 6.58 Å². The van der Waals surface area contributed by atoms with Gasteiger partial charge < -0.3 is 19.1 Å². The number of methoxy groups -OCH3 is 3. The first-order valence-corrected chi connectivity index (χ1v) is 8.27. The molecule has 0 unspecified atom stereocenters. The Kier molecular flexibility index (Phi) is 6.44. The van der Waals surface area contributed by atoms with E-state index in [0.717, 1.165) is 12.8 Å². The van der Waals surface area contributed by atoms with Crippen LogP contribution in [0.5, 0.6) is 11.5 Å². The van der Waals surface area contributed by atoms with Gasteiger partial charge in [0.1, 0.15) is 0 Å². The molecule has 6 heteroatoms. The second-order valence-electron chi connectivity index (χ2n) is 6.11. The highest BCUT2D eigenvalue weighted by atomic mass is 16.5. The standard InChI is InChI=1S/C19H25NO5/c1-13(11-14-7-9-20(10-8-14)19(22)25-4)18(21)15-5-6-16(23-2)17(12-15)24-3/h5-6,12,14H,1,7-11H2,2-4H3. The van der Waals surface area contributed by atoms with Crippen LogP contribution in [0.3, 0.4) is 0 Å². The highest BCUT2D eigenvalue weighted by Gasteiger charge is 2.25. The van der Waals surface area contributed by atoms with Gasteiger partial charge in [-0.25, -0.2) is 4.79 Å². The Morgan fingerprint density at radius 2 is 1.76 bits per heavy atom. The lowest BCUT2D eigenvalue weighted by Crippen LogP contribution is -2.38. The Morgan fingerprint density at radius 3 is 2.32 bits per heavy atom. The monoisotopic (exact) mass is 347 g/mol. The number of ether oxygens (including phenoxy) is 3. The first-order chi connectivity index (χ1) is 12.0. The fraction of sp³-hybridized carbons (Fsp3) is 0.474. The Labute approximate surface area is 148 Å². The highest BCUT2D eigenvalue weighted by Crippen LogP contribution is 2.30. The fourth-order valence-electron chi connectivity index (χ4n) is 3.07. The molecule has 0 aromatic heterocycles. The van der Waals surface area contributed by atoms with Crippen molar-refractivity contribution in [2.45, 2.75) is 19.3 Å². The van der Waals surface area contributed by atoms with Crippen LogP contribution in [0.25, 0.3) is 0 Å². The van der Waals surface area contributed by atoms with Crippen LogP contribution in [0.1, 0.15) is 29.6 Å². The summed E-state index contributed by atoms with van der Waals surface area (Å²) in [5, 5.41) is 0. The van der Waals surface area contributed by atoms with Crippen LogP contribution >= 0.6 is 0 Å². The zero-order valence-electron chi connectivity index (χ0n) is 15.0. The van der Waals surface area contributed by atoms with E-state index in [9.17, 15) is 9.59 Å². The Balaban J connectivity index is 1.95. The van der Waals surface area contributed by atoms with E-state index in [1.165, 1.54) is 14.2 Å². The van der Waals surface area contributed by atoms with Crippen molar-refractivity contribution in [3.05, 3.63) is 35.9 Å². The maximum Gasteiger partial charge on any atom is 0.409 e. The molecule has 2 rings (SSSR count). The van der Waals surface area contributed by atoms with Crippen molar-refractivity contribution in [3.8, 4) is 11.5 Å². The van der Waals surface area contributed by atoms with Gasteiger partial charge in [0.25, 0.3) is 0 Å². The minimum atomic E-state index is -0.293. The number of Topliss-reactive ketones (excluding diaryl/α,β-unsaturated/α-hetero) is 1. The van der Waals surface area contributed by atoms with Crippen LogP contribution in [-0.2, 0) is 4.74 Å². The molecule has 1 aromatic carbocycles. The summed E-state index contributed by atoms with van der Waals surface area (Å²) in [5.74, 6) is 1.36. The topological polar surface area (TPSA) is 65.1 Å². The summed E-state index contributed by atoms with van der Waals surface area (Å²) in [7, 11) is 4.48. The van der Waals surface area contributed by atoms with Crippen molar-refractivity contribution in [3.63, 3.8) is 0 Å². The van der Waals surface area contributed by atoms with Gasteiger partial charge in [0.2, 0.25) is 0 Å². The van der Waals surface area contributed by atoms with Crippen molar-refractivity contribution in [1.82, 2.24) is 4.90 Å². The average Bonchev–Trinajstić information content (AvgIpc) is 2.66. The molecule has 1 aliphatic heterocycles. The van der Waals surface area contributed by atoms with E-state index in [-0.39, 0.29) is 11.9 Å². The minimum absolute atomic E-state index is 0.0867. The lowest BCUT2D eigenvalue weighted by molar-refractivity contribution is 0.0991. The number of likely N-dealkylation sites (tertiary alicyclic amines) is 1. The third kappa shape index (κ3) is 4.53. The molecule has 1 heterocycles. The predicted molar refractivity (Wildman–Crippen MR) is 94.3 cm³/mol. The van der Waals surface area contributed by atoms with E-state index in [0.29, 0.717) is 48.1 Å². The molecule has 0 radical (unpaired) electrons. The third-order valence-electron chi connectivity index (χ3n) is 4.55. The van der Waals surface area contributed by atoms with Crippen LogP contribution in [0.2, 0.25) is 0 Å². The molecule has 1 aromatic rings. The van der Waals surface area contributed by atoms with Gasteiger partial charge in [-0.2, -0.15) is 0 Å². The van der Waals surface area contributed by atoms with Gasteiger partial charge in [0, 0.05) is 18.7 Å². The van der Waals surface area contributed by atoms with Crippen molar-refractivity contribution < 1.29 is 23.8 Å². The zero-order valence-corrected chi connectivity index (χ0v) is 15.0. The lowest BCUT2D eigenvalue weighted by Gasteiger charge is -2.31. The third-order valence-corrected chi connectivity index (χ3v) is 4.55. The molecule has 136 valence electrons. The van der Waals surface area contributed by atoms with E-state index in [1.807, 2.05) is 0 Å². The summed E-state index contributed by atoms with van der Waals surface area (Å²) >= 11 is 0. The second-order valence-corrected chi connectivity index (χ2v) is 6.11. The van der Waals surface area contributed by atoms with Gasteiger partial charge in [0.15, 0.2) is 17.3 Å². The molecule has 25 heavy (non-hydrogen) atoms. The number of carbonyl (C=O) groups is 2. The maximum absolute atomic E-state index is 12.6. The van der Waals surface area contributed by atoms with Crippen molar-refractivity contribution in [1.29, 1.82) is 0 Å². The van der Waals surface area contributed by atoms with E-state index < -0.39 is 0 Å². The molecule has 1 aliphatic rings. The predicted octanol–water partition coefficient (Wildman–Crippen LogP) is 3.31. The summed E-state index contributed by atoms with van der Waals surface area (Å²) in [4.78, 5) is 25.8. The molecule has 1 amide bonds. The van der Waals surface area contributed by atoms with Gasteiger partial charge in [0.05, 0.1) is 21.3 Å². The van der Waals surface area contributed by atoms with Gasteiger partial charge in [-0.15, -0.1) is 0 Å². The number of amides is 1. The summed E-state index contributed by atoms with van der Waals surface area (Å²) in [6.07, 6.45) is 2.02. The first-order valence-electron chi connectivity index (χ1n) is 8.27. The molecule has 0 spiro atoms. The van der Waals surface area contributed by atoms with Gasteiger partial charge in [-0.05, 0) is 49.0 Å². The first kappa shape index (κ1) is 18.8. The lowest BCUT2D eigenvalue weighted by atomic mass is 9.88. The number of carbonyl (C=O) groups excluding carboxylic acids is 2. The molecular formula is C19H25NO5. The molecule has 1 fully saturated rings. The number of benzene rings is 1. The molecule has 1 saturated heterocycles. The SMILES string of the molecule is C=C(CC1CCN(C(=O)OC)CC1)C(=O)c1ccc(OC)c(OC)c1. The number of allylic oxidation sites excluding steroid dienone is 1. The summed E-state index contributed by atoms with van der Waals surface area (Å²) in [6.45, 7) is 5.26. The molecule has 0 N–H and O–H groups in total. The van der Waals surface area contributed by atoms with Crippen LogP contribution in [0.4, 0.5) is 4.79 Å². The largest absolute Gasteiger partial charge is 0.493 e. The summed E-state index contributed by atoms with van der Waals surface area (Å²) < 4.78 is 15.2. The smallest absolute Gasteiger partial charge is 0.409 e. The number of hydrogen-bond acceptors (Lipinski definition) is 5. The zero-order chi connectivity index (χ0) is 18.4. The Hall–Kier alpha value is -2.50. The Morgan fingerprint density at radius 1 is 1.12 bits per heavy atom. The molecule has 0 aliphatic carbocycles. The number of piperidine rings is 1. The van der Waals surface area contributed by atoms with Crippen molar-refractivity contribution in [2.24, 2.45) is 5.92 Å². The number of rotatable bonds is 6. The summed E-state index contributed by atoms with van der Waals surface area (Å²) in [6, 6.07) is 5.11. The Bertz CT molecular complexity index is 647. The minimum Gasteiger partial charge on any atom is -0.493 e. The molecule has 0 bridgehead atoms. The second kappa shape index (κ2) is 8.55. The van der Waals surface area contributed by atoms with Crippen LogP contribution in [-0.4, -0.2) is 51.2 Å². The normalized spacial score (nSPS) is 14.8. The van der Waals surface area contributed by atoms with Crippen LogP contribution in [0, 0.1) is 5.92 Å². The van der Waals surface area contributed by atoms with Gasteiger partial charge in [-0.1, -0.05) is 6.58 Å². The number of ketones is 1. The van der Waals surface area contributed by atoms with Crippen LogP contribution in [0.15, 0.2) is 30.4 Å². The summed E-state index contributed by atoms with van der Waals surface area (Å²) in [5.41, 5.74) is 1.11. The molecular weight excluding hydrogens is 322 g/mol. The van der Waals surface area contributed by atoms with Gasteiger partial charge in [-0.3, -0.25) is 4.79 Å². The van der Waals surface area contributed by atoms with E-state index in [4.69, 9.17) is 14.2 Å². The van der Waals surface area contributed by atoms with Crippen molar-refractivity contribution >= 4 is 11.9 Å². The molecule has 0 saturated carbocycles.